The summed E-state index contributed by atoms with van der Waals surface area (Å²) in [6, 6.07) is 8.81. The minimum absolute atomic E-state index is 0.103. The van der Waals surface area contributed by atoms with Gasteiger partial charge in [0.1, 0.15) is 11.3 Å². The predicted octanol–water partition coefficient (Wildman–Crippen LogP) is 3.09. The topological polar surface area (TPSA) is 76.5 Å². The van der Waals surface area contributed by atoms with Crippen molar-refractivity contribution >= 4 is 16.9 Å². The normalized spacial score (nSPS) is 10.9. The van der Waals surface area contributed by atoms with E-state index in [2.05, 4.69) is 5.16 Å². The number of hydrogen-bond acceptors (Lipinski definition) is 4. The van der Waals surface area contributed by atoms with Crippen LogP contribution in [0, 0.1) is 6.92 Å². The fourth-order valence-corrected chi connectivity index (χ4v) is 1.84. The van der Waals surface area contributed by atoms with Gasteiger partial charge in [-0.1, -0.05) is 5.16 Å². The number of aryl methyl sites for hydroxylation is 1. The van der Waals surface area contributed by atoms with Gasteiger partial charge in [-0.25, -0.2) is 4.79 Å². The standard InChI is InChI=1S/C13H9NO4/c1-7-4-9-5-8(2-3-11(9)17-7)12-6-10(13(15)16)14-18-12/h2-6H,1H3,(H,15,16). The lowest BCUT2D eigenvalue weighted by Crippen LogP contribution is -1.94. The number of fused-ring (bicyclic) bond motifs is 1. The van der Waals surface area contributed by atoms with Crippen LogP contribution in [0.4, 0.5) is 0 Å². The average molecular weight is 243 g/mol. The van der Waals surface area contributed by atoms with Gasteiger partial charge in [0.2, 0.25) is 0 Å². The zero-order chi connectivity index (χ0) is 12.7. The molecule has 0 atom stereocenters. The molecule has 90 valence electrons. The van der Waals surface area contributed by atoms with Crippen LogP contribution in [0.3, 0.4) is 0 Å². The van der Waals surface area contributed by atoms with Crippen molar-refractivity contribution in [2.45, 2.75) is 6.92 Å². The molecule has 1 aromatic carbocycles. The molecule has 0 unspecified atom stereocenters. The average Bonchev–Trinajstić information content (AvgIpc) is 2.91. The van der Waals surface area contributed by atoms with Crippen LogP contribution in [0.1, 0.15) is 16.2 Å². The Morgan fingerprint density at radius 3 is 2.83 bits per heavy atom. The fourth-order valence-electron chi connectivity index (χ4n) is 1.84. The van der Waals surface area contributed by atoms with Crippen molar-refractivity contribution in [3.05, 3.63) is 41.8 Å². The van der Waals surface area contributed by atoms with Gasteiger partial charge in [-0.2, -0.15) is 0 Å². The van der Waals surface area contributed by atoms with E-state index in [0.717, 1.165) is 22.3 Å². The first-order chi connectivity index (χ1) is 8.63. The highest BCUT2D eigenvalue weighted by molar-refractivity contribution is 5.87. The van der Waals surface area contributed by atoms with E-state index < -0.39 is 5.97 Å². The minimum Gasteiger partial charge on any atom is -0.476 e. The number of hydrogen-bond donors (Lipinski definition) is 1. The fraction of sp³-hybridized carbons (Fsp3) is 0.0769. The van der Waals surface area contributed by atoms with Crippen LogP contribution in [-0.2, 0) is 0 Å². The maximum Gasteiger partial charge on any atom is 0.358 e. The summed E-state index contributed by atoms with van der Waals surface area (Å²) >= 11 is 0. The van der Waals surface area contributed by atoms with E-state index in [0.29, 0.717) is 5.76 Å². The zero-order valence-electron chi connectivity index (χ0n) is 9.51. The molecule has 0 bridgehead atoms. The quantitative estimate of drug-likeness (QED) is 0.748. The lowest BCUT2D eigenvalue weighted by atomic mass is 10.1. The van der Waals surface area contributed by atoms with Crippen LogP contribution in [0.5, 0.6) is 0 Å². The summed E-state index contributed by atoms with van der Waals surface area (Å²) in [4.78, 5) is 10.7. The van der Waals surface area contributed by atoms with Crippen molar-refractivity contribution in [3.8, 4) is 11.3 Å². The summed E-state index contributed by atoms with van der Waals surface area (Å²) in [5.74, 6) is 0.143. The Hall–Kier alpha value is -2.56. The molecule has 18 heavy (non-hydrogen) atoms. The number of carboxylic acid groups (broad SMARTS) is 1. The van der Waals surface area contributed by atoms with E-state index in [1.807, 2.05) is 25.1 Å². The molecule has 0 aliphatic carbocycles. The molecule has 3 rings (SSSR count). The lowest BCUT2D eigenvalue weighted by molar-refractivity contribution is 0.0686. The summed E-state index contributed by atoms with van der Waals surface area (Å²) < 4.78 is 10.5. The van der Waals surface area contributed by atoms with Crippen molar-refractivity contribution in [1.29, 1.82) is 0 Å². The molecule has 0 aliphatic heterocycles. The van der Waals surface area contributed by atoms with E-state index in [1.54, 1.807) is 6.07 Å². The largest absolute Gasteiger partial charge is 0.476 e. The smallest absolute Gasteiger partial charge is 0.358 e. The zero-order valence-corrected chi connectivity index (χ0v) is 9.51. The monoisotopic (exact) mass is 243 g/mol. The number of aromatic nitrogens is 1. The lowest BCUT2D eigenvalue weighted by Gasteiger charge is -1.94. The Balaban J connectivity index is 2.09. The second-order valence-electron chi connectivity index (χ2n) is 3.99. The van der Waals surface area contributed by atoms with Crippen LogP contribution in [-0.4, -0.2) is 16.2 Å². The van der Waals surface area contributed by atoms with Crippen molar-refractivity contribution in [1.82, 2.24) is 5.16 Å². The van der Waals surface area contributed by atoms with Gasteiger partial charge in [0.15, 0.2) is 11.5 Å². The molecule has 0 spiro atoms. The van der Waals surface area contributed by atoms with E-state index >= 15 is 0 Å². The highest BCUT2D eigenvalue weighted by Gasteiger charge is 2.13. The number of carbonyl (C=O) groups is 1. The van der Waals surface area contributed by atoms with Gasteiger partial charge >= 0.3 is 5.97 Å². The first kappa shape index (κ1) is 10.6. The summed E-state index contributed by atoms with van der Waals surface area (Å²) in [7, 11) is 0. The highest BCUT2D eigenvalue weighted by atomic mass is 16.5. The summed E-state index contributed by atoms with van der Waals surface area (Å²) in [5, 5.41) is 13.2. The van der Waals surface area contributed by atoms with Crippen molar-refractivity contribution in [2.75, 3.05) is 0 Å². The molecular formula is C13H9NO4. The summed E-state index contributed by atoms with van der Waals surface area (Å²) in [5.41, 5.74) is 1.45. The molecule has 0 saturated carbocycles. The Kier molecular flexibility index (Phi) is 2.19. The van der Waals surface area contributed by atoms with Gasteiger partial charge < -0.3 is 14.0 Å². The van der Waals surface area contributed by atoms with Crippen molar-refractivity contribution in [3.63, 3.8) is 0 Å². The predicted molar refractivity (Wildman–Crippen MR) is 63.4 cm³/mol. The molecule has 0 aliphatic rings. The molecular weight excluding hydrogens is 234 g/mol. The van der Waals surface area contributed by atoms with Gasteiger partial charge in [-0.15, -0.1) is 0 Å². The van der Waals surface area contributed by atoms with Crippen LogP contribution in [0.25, 0.3) is 22.3 Å². The molecule has 2 heterocycles. The maximum atomic E-state index is 10.7. The Labute approximate surface area is 102 Å². The number of rotatable bonds is 2. The number of aromatic carboxylic acids is 1. The molecule has 0 amide bonds. The van der Waals surface area contributed by atoms with E-state index in [4.69, 9.17) is 14.0 Å². The Bertz CT molecular complexity index is 738. The van der Waals surface area contributed by atoms with E-state index in [-0.39, 0.29) is 5.69 Å². The second kappa shape index (κ2) is 3.73. The summed E-state index contributed by atoms with van der Waals surface area (Å²) in [6.07, 6.45) is 0. The van der Waals surface area contributed by atoms with Gasteiger partial charge in [0.05, 0.1) is 0 Å². The third-order valence-corrected chi connectivity index (χ3v) is 2.65. The molecule has 0 radical (unpaired) electrons. The van der Waals surface area contributed by atoms with Gasteiger partial charge in [-0.3, -0.25) is 0 Å². The molecule has 3 aromatic rings. The maximum absolute atomic E-state index is 10.7. The van der Waals surface area contributed by atoms with Crippen molar-refractivity contribution < 1.29 is 18.8 Å². The molecule has 1 N–H and O–H groups in total. The van der Waals surface area contributed by atoms with Crippen LogP contribution < -0.4 is 0 Å². The van der Waals surface area contributed by atoms with Gasteiger partial charge in [0, 0.05) is 17.0 Å². The number of carboxylic acids is 1. The SMILES string of the molecule is Cc1cc2cc(-c3cc(C(=O)O)no3)ccc2o1. The Morgan fingerprint density at radius 1 is 1.28 bits per heavy atom. The van der Waals surface area contributed by atoms with Crippen LogP contribution in [0.15, 0.2) is 39.3 Å². The summed E-state index contributed by atoms with van der Waals surface area (Å²) in [6.45, 7) is 1.87. The van der Waals surface area contributed by atoms with E-state index in [1.165, 1.54) is 6.07 Å². The third-order valence-electron chi connectivity index (χ3n) is 2.65. The van der Waals surface area contributed by atoms with Crippen LogP contribution in [0.2, 0.25) is 0 Å². The minimum atomic E-state index is -1.11. The highest BCUT2D eigenvalue weighted by Crippen LogP contribution is 2.26. The molecule has 5 heteroatoms. The third kappa shape index (κ3) is 1.66. The number of furan rings is 1. The molecule has 0 saturated heterocycles. The Morgan fingerprint density at radius 2 is 2.11 bits per heavy atom. The molecule has 2 aromatic heterocycles. The van der Waals surface area contributed by atoms with Crippen LogP contribution >= 0.6 is 0 Å². The second-order valence-corrected chi connectivity index (χ2v) is 3.99. The first-order valence-electron chi connectivity index (χ1n) is 5.34. The number of benzene rings is 1. The van der Waals surface area contributed by atoms with Gasteiger partial charge in [0.25, 0.3) is 0 Å². The molecule has 5 nitrogen and oxygen atoms in total. The van der Waals surface area contributed by atoms with Gasteiger partial charge in [-0.05, 0) is 31.2 Å². The van der Waals surface area contributed by atoms with E-state index in [9.17, 15) is 4.79 Å². The first-order valence-corrected chi connectivity index (χ1v) is 5.34. The number of nitrogens with zero attached hydrogens (tertiary/aromatic N) is 1. The van der Waals surface area contributed by atoms with Crippen molar-refractivity contribution in [2.24, 2.45) is 0 Å². The molecule has 0 fully saturated rings.